The summed E-state index contributed by atoms with van der Waals surface area (Å²) in [5.74, 6) is -0.930. The van der Waals surface area contributed by atoms with E-state index in [0.717, 1.165) is 31.2 Å². The Morgan fingerprint density at radius 1 is 1.23 bits per heavy atom. The van der Waals surface area contributed by atoms with Crippen LogP contribution in [0, 0.1) is 0 Å². The zero-order valence-electron chi connectivity index (χ0n) is 13.9. The molecule has 0 aliphatic rings. The lowest BCUT2D eigenvalue weighted by Crippen LogP contribution is -2.35. The van der Waals surface area contributed by atoms with Crippen molar-refractivity contribution in [3.63, 3.8) is 0 Å². The molecule has 0 amide bonds. The van der Waals surface area contributed by atoms with Gasteiger partial charge in [-0.15, -0.1) is 0 Å². The molecule has 2 N–H and O–H groups in total. The number of carboxylic acid groups (broad SMARTS) is 1. The average molecular weight is 325 g/mol. The molecule has 124 valence electrons. The van der Waals surface area contributed by atoms with Gasteiger partial charge in [0.2, 0.25) is 0 Å². The van der Waals surface area contributed by atoms with Crippen molar-refractivity contribution in [3.8, 4) is 0 Å². The number of rotatable bonds is 8. The Kier molecular flexibility index (Phi) is 7.23. The van der Waals surface area contributed by atoms with E-state index >= 15 is 0 Å². The molecule has 0 aliphatic heterocycles. The van der Waals surface area contributed by atoms with Gasteiger partial charge < -0.3 is 5.11 Å². The Hall–Kier alpha value is -1.20. The molecule has 0 fully saturated rings. The van der Waals surface area contributed by atoms with E-state index < -0.39 is 17.0 Å². The number of carboxylic acids is 1. The largest absolute Gasteiger partial charge is 0.478 e. The van der Waals surface area contributed by atoms with Gasteiger partial charge in [0, 0.05) is 6.04 Å². The van der Waals surface area contributed by atoms with E-state index in [2.05, 4.69) is 11.6 Å². The first-order valence-electron chi connectivity index (χ1n) is 7.77. The molecular weight excluding hydrogens is 298 g/mol. The van der Waals surface area contributed by atoms with E-state index in [1.807, 2.05) is 32.9 Å². The summed E-state index contributed by atoms with van der Waals surface area (Å²) in [7, 11) is -1.15. The standard InChI is InChI=1S/C17H27NO3S/c1-5-6-7-8-15(18-22(21)17(2,3)4)13-9-11-14(12-10-13)16(19)20/h9-12,15,18H,5-8H2,1-4H3,(H,19,20). The van der Waals surface area contributed by atoms with Crippen molar-refractivity contribution in [1.82, 2.24) is 4.72 Å². The molecule has 0 heterocycles. The molecule has 1 aromatic rings. The van der Waals surface area contributed by atoms with Gasteiger partial charge in [-0.2, -0.15) is 0 Å². The number of carbonyl (C=O) groups is 1. The van der Waals surface area contributed by atoms with Gasteiger partial charge in [0.05, 0.1) is 21.3 Å². The predicted molar refractivity (Wildman–Crippen MR) is 91.3 cm³/mol. The maximum atomic E-state index is 12.4. The van der Waals surface area contributed by atoms with Crippen molar-refractivity contribution in [2.45, 2.75) is 64.2 Å². The topological polar surface area (TPSA) is 66.4 Å². The molecule has 1 aromatic carbocycles. The monoisotopic (exact) mass is 325 g/mol. The van der Waals surface area contributed by atoms with E-state index in [0.29, 0.717) is 0 Å². The SMILES string of the molecule is CCCCCC(NS(=O)C(C)(C)C)c1ccc(C(=O)O)cc1. The summed E-state index contributed by atoms with van der Waals surface area (Å²) in [6.45, 7) is 7.96. The normalized spacial score (nSPS) is 14.5. The quantitative estimate of drug-likeness (QED) is 0.708. The molecule has 1 rings (SSSR count). The highest BCUT2D eigenvalue weighted by Crippen LogP contribution is 2.23. The van der Waals surface area contributed by atoms with E-state index in [1.165, 1.54) is 0 Å². The molecule has 0 radical (unpaired) electrons. The van der Waals surface area contributed by atoms with Crippen LogP contribution in [0.5, 0.6) is 0 Å². The van der Waals surface area contributed by atoms with Crippen molar-refractivity contribution in [3.05, 3.63) is 35.4 Å². The molecule has 0 spiro atoms. The minimum absolute atomic E-state index is 0.0190. The smallest absolute Gasteiger partial charge is 0.335 e. The van der Waals surface area contributed by atoms with Crippen molar-refractivity contribution < 1.29 is 14.1 Å². The summed E-state index contributed by atoms with van der Waals surface area (Å²) in [5, 5.41) is 8.98. The molecule has 0 bridgehead atoms. The second kappa shape index (κ2) is 8.44. The lowest BCUT2D eigenvalue weighted by molar-refractivity contribution is 0.0697. The van der Waals surface area contributed by atoms with Gasteiger partial charge >= 0.3 is 5.97 Å². The molecule has 22 heavy (non-hydrogen) atoms. The van der Waals surface area contributed by atoms with E-state index in [4.69, 9.17) is 5.11 Å². The Bertz CT molecular complexity index is 506. The molecule has 5 heteroatoms. The average Bonchev–Trinajstić information content (AvgIpc) is 2.45. The van der Waals surface area contributed by atoms with Gasteiger partial charge in [-0.05, 0) is 44.9 Å². The van der Waals surface area contributed by atoms with Crippen LogP contribution >= 0.6 is 0 Å². The van der Waals surface area contributed by atoms with E-state index in [1.54, 1.807) is 12.1 Å². The Morgan fingerprint density at radius 2 is 1.82 bits per heavy atom. The fraction of sp³-hybridized carbons (Fsp3) is 0.588. The first-order valence-corrected chi connectivity index (χ1v) is 8.92. The van der Waals surface area contributed by atoms with Crippen LogP contribution in [0.4, 0.5) is 0 Å². The first-order chi connectivity index (χ1) is 10.3. The summed E-state index contributed by atoms with van der Waals surface area (Å²) >= 11 is 0. The molecule has 0 aliphatic carbocycles. The zero-order valence-corrected chi connectivity index (χ0v) is 14.7. The van der Waals surface area contributed by atoms with Gasteiger partial charge in [0.1, 0.15) is 0 Å². The maximum Gasteiger partial charge on any atom is 0.335 e. The number of hydrogen-bond acceptors (Lipinski definition) is 2. The van der Waals surface area contributed by atoms with Crippen LogP contribution in [0.25, 0.3) is 0 Å². The summed E-state index contributed by atoms with van der Waals surface area (Å²) in [6, 6.07) is 6.81. The molecule has 4 nitrogen and oxygen atoms in total. The summed E-state index contributed by atoms with van der Waals surface area (Å²) in [6.07, 6.45) is 4.21. The second-order valence-electron chi connectivity index (χ2n) is 6.47. The van der Waals surface area contributed by atoms with Crippen molar-refractivity contribution in [2.24, 2.45) is 0 Å². The molecule has 0 aromatic heterocycles. The van der Waals surface area contributed by atoms with Gasteiger partial charge in [-0.1, -0.05) is 38.3 Å². The molecule has 2 atom stereocenters. The first kappa shape index (κ1) is 18.8. The number of nitrogens with one attached hydrogen (secondary N) is 1. The third-order valence-corrected chi connectivity index (χ3v) is 5.07. The third kappa shape index (κ3) is 5.89. The molecule has 2 unspecified atom stereocenters. The maximum absolute atomic E-state index is 12.4. The van der Waals surface area contributed by atoms with Crippen LogP contribution in [0.2, 0.25) is 0 Å². The highest BCUT2D eigenvalue weighted by molar-refractivity contribution is 7.84. The summed E-state index contributed by atoms with van der Waals surface area (Å²) < 4.78 is 15.2. The van der Waals surface area contributed by atoms with Crippen molar-refractivity contribution in [1.29, 1.82) is 0 Å². The fourth-order valence-corrected chi connectivity index (χ4v) is 2.92. The third-order valence-electron chi connectivity index (χ3n) is 3.46. The minimum Gasteiger partial charge on any atom is -0.478 e. The molecular formula is C17H27NO3S. The second-order valence-corrected chi connectivity index (χ2v) is 8.47. The van der Waals surface area contributed by atoms with Crippen LogP contribution < -0.4 is 4.72 Å². The van der Waals surface area contributed by atoms with Crippen LogP contribution in [-0.2, 0) is 11.0 Å². The minimum atomic E-state index is -1.15. The van der Waals surface area contributed by atoms with Gasteiger partial charge in [-0.25, -0.2) is 13.7 Å². The molecule has 0 saturated heterocycles. The Morgan fingerprint density at radius 3 is 2.27 bits per heavy atom. The van der Waals surface area contributed by atoms with Crippen LogP contribution in [0.3, 0.4) is 0 Å². The van der Waals surface area contributed by atoms with Crippen molar-refractivity contribution >= 4 is 17.0 Å². The van der Waals surface area contributed by atoms with Gasteiger partial charge in [0.15, 0.2) is 0 Å². The van der Waals surface area contributed by atoms with Gasteiger partial charge in [-0.3, -0.25) is 0 Å². The van der Waals surface area contributed by atoms with Crippen LogP contribution in [0.1, 0.15) is 75.3 Å². The fourth-order valence-electron chi connectivity index (χ4n) is 2.06. The lowest BCUT2D eigenvalue weighted by atomic mass is 10.0. The number of hydrogen-bond donors (Lipinski definition) is 2. The van der Waals surface area contributed by atoms with E-state index in [9.17, 15) is 9.00 Å². The summed E-state index contributed by atoms with van der Waals surface area (Å²) in [4.78, 5) is 10.9. The summed E-state index contributed by atoms with van der Waals surface area (Å²) in [5.41, 5.74) is 1.26. The number of unbranched alkanes of at least 4 members (excludes halogenated alkanes) is 2. The Balaban J connectivity index is 2.88. The highest BCUT2D eigenvalue weighted by atomic mass is 32.2. The van der Waals surface area contributed by atoms with Crippen LogP contribution in [0.15, 0.2) is 24.3 Å². The zero-order chi connectivity index (χ0) is 16.8. The van der Waals surface area contributed by atoms with Crippen molar-refractivity contribution in [2.75, 3.05) is 0 Å². The predicted octanol–water partition coefficient (Wildman–Crippen LogP) is 4.06. The van der Waals surface area contributed by atoms with Gasteiger partial charge in [0.25, 0.3) is 0 Å². The van der Waals surface area contributed by atoms with E-state index in [-0.39, 0.29) is 16.4 Å². The Labute approximate surface area is 135 Å². The molecule has 0 saturated carbocycles. The number of benzene rings is 1. The van der Waals surface area contributed by atoms with Crippen LogP contribution in [-0.4, -0.2) is 20.0 Å². The lowest BCUT2D eigenvalue weighted by Gasteiger charge is -2.24. The number of aromatic carboxylic acids is 1. The highest BCUT2D eigenvalue weighted by Gasteiger charge is 2.23.